The molecule has 88 valence electrons. The SMILES string of the molecule is CC(O)CC(C)Nc1cnc(C(=O)O)cn1. The largest absolute Gasteiger partial charge is 0.476 e. The highest BCUT2D eigenvalue weighted by Crippen LogP contribution is 2.06. The van der Waals surface area contributed by atoms with Crippen molar-refractivity contribution in [1.29, 1.82) is 0 Å². The molecule has 0 aliphatic rings. The van der Waals surface area contributed by atoms with Crippen molar-refractivity contribution in [2.75, 3.05) is 5.32 Å². The highest BCUT2D eigenvalue weighted by Gasteiger charge is 2.08. The van der Waals surface area contributed by atoms with Crippen LogP contribution in [0.25, 0.3) is 0 Å². The molecule has 0 bridgehead atoms. The molecule has 0 aliphatic carbocycles. The van der Waals surface area contributed by atoms with Gasteiger partial charge in [0.25, 0.3) is 0 Å². The Labute approximate surface area is 93.4 Å². The maximum atomic E-state index is 10.5. The average molecular weight is 225 g/mol. The fourth-order valence-electron chi connectivity index (χ4n) is 1.34. The number of rotatable bonds is 5. The van der Waals surface area contributed by atoms with E-state index in [1.54, 1.807) is 6.92 Å². The summed E-state index contributed by atoms with van der Waals surface area (Å²) in [6, 6.07) is 0.0463. The maximum absolute atomic E-state index is 10.5. The molecule has 1 aromatic heterocycles. The van der Waals surface area contributed by atoms with Gasteiger partial charge in [0.2, 0.25) is 0 Å². The van der Waals surface area contributed by atoms with Gasteiger partial charge in [-0.05, 0) is 20.3 Å². The zero-order chi connectivity index (χ0) is 12.1. The van der Waals surface area contributed by atoms with Gasteiger partial charge in [-0.15, -0.1) is 0 Å². The van der Waals surface area contributed by atoms with Crippen LogP contribution < -0.4 is 5.32 Å². The molecule has 16 heavy (non-hydrogen) atoms. The van der Waals surface area contributed by atoms with Crippen molar-refractivity contribution in [3.63, 3.8) is 0 Å². The molecule has 0 aromatic carbocycles. The van der Waals surface area contributed by atoms with Crippen LogP contribution in [0.15, 0.2) is 12.4 Å². The Morgan fingerprint density at radius 3 is 2.56 bits per heavy atom. The van der Waals surface area contributed by atoms with E-state index >= 15 is 0 Å². The Morgan fingerprint density at radius 2 is 2.12 bits per heavy atom. The van der Waals surface area contributed by atoms with E-state index in [-0.39, 0.29) is 11.7 Å². The Hall–Kier alpha value is -1.69. The zero-order valence-corrected chi connectivity index (χ0v) is 9.21. The fraction of sp³-hybridized carbons (Fsp3) is 0.500. The third-order valence-corrected chi connectivity index (χ3v) is 1.96. The first kappa shape index (κ1) is 12.4. The summed E-state index contributed by atoms with van der Waals surface area (Å²) >= 11 is 0. The summed E-state index contributed by atoms with van der Waals surface area (Å²) in [4.78, 5) is 18.2. The molecule has 0 fully saturated rings. The van der Waals surface area contributed by atoms with Crippen LogP contribution in [0.4, 0.5) is 5.82 Å². The molecule has 0 radical (unpaired) electrons. The summed E-state index contributed by atoms with van der Waals surface area (Å²) in [7, 11) is 0. The van der Waals surface area contributed by atoms with E-state index in [0.717, 1.165) is 0 Å². The van der Waals surface area contributed by atoms with Crippen LogP contribution in [0, 0.1) is 0 Å². The molecule has 2 unspecified atom stereocenters. The third kappa shape index (κ3) is 3.82. The number of nitrogens with one attached hydrogen (secondary N) is 1. The minimum absolute atomic E-state index is 0.0463. The summed E-state index contributed by atoms with van der Waals surface area (Å²) < 4.78 is 0. The first-order chi connectivity index (χ1) is 7.49. The van der Waals surface area contributed by atoms with E-state index in [1.165, 1.54) is 12.4 Å². The molecule has 0 aliphatic heterocycles. The Balaban J connectivity index is 2.58. The van der Waals surface area contributed by atoms with Gasteiger partial charge in [-0.1, -0.05) is 0 Å². The molecule has 0 spiro atoms. The summed E-state index contributed by atoms with van der Waals surface area (Å²) in [6.45, 7) is 3.61. The molecule has 6 nitrogen and oxygen atoms in total. The van der Waals surface area contributed by atoms with E-state index < -0.39 is 12.1 Å². The van der Waals surface area contributed by atoms with Gasteiger partial charge < -0.3 is 15.5 Å². The number of aromatic nitrogens is 2. The van der Waals surface area contributed by atoms with Crippen LogP contribution in [-0.4, -0.2) is 38.3 Å². The first-order valence-corrected chi connectivity index (χ1v) is 4.99. The number of aromatic carboxylic acids is 1. The fourth-order valence-corrected chi connectivity index (χ4v) is 1.34. The lowest BCUT2D eigenvalue weighted by Crippen LogP contribution is -2.21. The molecule has 0 saturated heterocycles. The molecular formula is C10H15N3O3. The molecule has 3 N–H and O–H groups in total. The monoisotopic (exact) mass is 225 g/mol. The van der Waals surface area contributed by atoms with Crippen molar-refractivity contribution in [1.82, 2.24) is 9.97 Å². The molecule has 6 heteroatoms. The van der Waals surface area contributed by atoms with Crippen molar-refractivity contribution in [3.8, 4) is 0 Å². The van der Waals surface area contributed by atoms with Crippen molar-refractivity contribution >= 4 is 11.8 Å². The van der Waals surface area contributed by atoms with Crippen molar-refractivity contribution in [2.45, 2.75) is 32.4 Å². The number of carboxylic acid groups (broad SMARTS) is 1. The van der Waals surface area contributed by atoms with E-state index in [4.69, 9.17) is 10.2 Å². The highest BCUT2D eigenvalue weighted by atomic mass is 16.4. The molecule has 1 aromatic rings. The third-order valence-electron chi connectivity index (χ3n) is 1.96. The Kier molecular flexibility index (Phi) is 4.19. The Bertz CT molecular complexity index is 351. The van der Waals surface area contributed by atoms with Crippen LogP contribution in [-0.2, 0) is 0 Å². The maximum Gasteiger partial charge on any atom is 0.356 e. The standard InChI is InChI=1S/C10H15N3O3/c1-6(3-7(2)14)13-9-5-11-8(4-12-9)10(15)16/h4-7,14H,3H2,1-2H3,(H,12,13)(H,15,16). The van der Waals surface area contributed by atoms with Crippen LogP contribution >= 0.6 is 0 Å². The molecule has 2 atom stereocenters. The lowest BCUT2D eigenvalue weighted by atomic mass is 10.1. The van der Waals surface area contributed by atoms with Gasteiger partial charge in [-0.2, -0.15) is 0 Å². The predicted octanol–water partition coefficient (Wildman–Crippen LogP) is 0.746. The van der Waals surface area contributed by atoms with Gasteiger partial charge in [0.15, 0.2) is 5.69 Å². The van der Waals surface area contributed by atoms with Gasteiger partial charge in [0, 0.05) is 6.04 Å². The van der Waals surface area contributed by atoms with Crippen LogP contribution in [0.5, 0.6) is 0 Å². The lowest BCUT2D eigenvalue weighted by Gasteiger charge is -2.15. The summed E-state index contributed by atoms with van der Waals surface area (Å²) in [5.74, 6) is -0.603. The van der Waals surface area contributed by atoms with Crippen LogP contribution in [0.1, 0.15) is 30.8 Å². The van der Waals surface area contributed by atoms with E-state index in [9.17, 15) is 4.79 Å². The quantitative estimate of drug-likeness (QED) is 0.684. The van der Waals surface area contributed by atoms with Gasteiger partial charge in [-0.25, -0.2) is 14.8 Å². The zero-order valence-electron chi connectivity index (χ0n) is 9.21. The van der Waals surface area contributed by atoms with Gasteiger partial charge in [0.05, 0.1) is 18.5 Å². The number of hydrogen-bond donors (Lipinski definition) is 3. The summed E-state index contributed by atoms with van der Waals surface area (Å²) in [5, 5.41) is 20.8. The molecule has 1 rings (SSSR count). The van der Waals surface area contributed by atoms with E-state index in [0.29, 0.717) is 12.2 Å². The smallest absolute Gasteiger partial charge is 0.356 e. The molecule has 0 saturated carbocycles. The lowest BCUT2D eigenvalue weighted by molar-refractivity contribution is 0.0690. The van der Waals surface area contributed by atoms with Crippen LogP contribution in [0.3, 0.4) is 0 Å². The molecule has 1 heterocycles. The number of nitrogens with zero attached hydrogens (tertiary/aromatic N) is 2. The second kappa shape index (κ2) is 5.41. The van der Waals surface area contributed by atoms with Gasteiger partial charge in [0.1, 0.15) is 5.82 Å². The second-order valence-electron chi connectivity index (χ2n) is 3.72. The number of hydrogen-bond acceptors (Lipinski definition) is 5. The van der Waals surface area contributed by atoms with Gasteiger partial charge >= 0.3 is 5.97 Å². The minimum Gasteiger partial charge on any atom is -0.476 e. The minimum atomic E-state index is -1.10. The molecular weight excluding hydrogens is 210 g/mol. The van der Waals surface area contributed by atoms with Crippen molar-refractivity contribution in [3.05, 3.63) is 18.1 Å². The number of aliphatic hydroxyl groups is 1. The highest BCUT2D eigenvalue weighted by molar-refractivity contribution is 5.84. The number of carbonyl (C=O) groups is 1. The van der Waals surface area contributed by atoms with Crippen LogP contribution in [0.2, 0.25) is 0 Å². The van der Waals surface area contributed by atoms with Crippen molar-refractivity contribution < 1.29 is 15.0 Å². The van der Waals surface area contributed by atoms with E-state index in [1.807, 2.05) is 6.92 Å². The topological polar surface area (TPSA) is 95.3 Å². The second-order valence-corrected chi connectivity index (χ2v) is 3.72. The van der Waals surface area contributed by atoms with Gasteiger partial charge in [-0.3, -0.25) is 0 Å². The summed E-state index contributed by atoms with van der Waals surface area (Å²) in [6.07, 6.45) is 2.75. The first-order valence-electron chi connectivity index (χ1n) is 4.99. The molecule has 0 amide bonds. The van der Waals surface area contributed by atoms with Crippen molar-refractivity contribution in [2.24, 2.45) is 0 Å². The summed E-state index contributed by atoms with van der Waals surface area (Å²) in [5.41, 5.74) is -0.0891. The normalized spacial score (nSPS) is 14.2. The Morgan fingerprint density at radius 1 is 1.44 bits per heavy atom. The van der Waals surface area contributed by atoms with E-state index in [2.05, 4.69) is 15.3 Å². The average Bonchev–Trinajstić information content (AvgIpc) is 2.16. The predicted molar refractivity (Wildman–Crippen MR) is 58.4 cm³/mol. The number of anilines is 1. The number of aliphatic hydroxyl groups excluding tert-OH is 1. The number of carboxylic acids is 1.